The number of hydrogen-bond donors (Lipinski definition) is 2. The summed E-state index contributed by atoms with van der Waals surface area (Å²) in [6.07, 6.45) is -4.94. The van der Waals surface area contributed by atoms with Crippen LogP contribution in [0.4, 0.5) is 13.2 Å². The highest BCUT2D eigenvalue weighted by Crippen LogP contribution is 2.36. The maximum absolute atomic E-state index is 12.2. The van der Waals surface area contributed by atoms with Crippen LogP contribution in [0.25, 0.3) is 0 Å². The number of alkyl halides is 3. The average molecular weight is 259 g/mol. The molecule has 1 aliphatic rings. The Kier molecular flexibility index (Phi) is 3.30. The predicted molar refractivity (Wildman–Crippen MR) is 57.6 cm³/mol. The molecule has 0 fully saturated rings. The monoisotopic (exact) mass is 259 g/mol. The van der Waals surface area contributed by atoms with Crippen LogP contribution in [0.1, 0.15) is 36.1 Å². The molecule has 1 aliphatic carbocycles. The Balaban J connectivity index is 2.22. The Bertz CT molecular complexity index is 459. The van der Waals surface area contributed by atoms with E-state index in [1.54, 1.807) is 24.3 Å². The molecule has 0 saturated carbocycles. The Morgan fingerprint density at radius 3 is 2.44 bits per heavy atom. The molecule has 2 rings (SSSR count). The summed E-state index contributed by atoms with van der Waals surface area (Å²) < 4.78 is 36.6. The maximum atomic E-state index is 12.2. The lowest BCUT2D eigenvalue weighted by molar-refractivity contribution is -0.174. The van der Waals surface area contributed by atoms with Crippen LogP contribution in [0, 0.1) is 0 Å². The minimum atomic E-state index is -4.88. The van der Waals surface area contributed by atoms with Crippen LogP contribution in [-0.4, -0.2) is 17.2 Å². The Labute approximate surface area is 102 Å². The number of fused-ring (bicyclic) bond motifs is 1. The first-order chi connectivity index (χ1) is 8.39. The minimum Gasteiger partial charge on any atom is -0.388 e. The van der Waals surface area contributed by atoms with Crippen molar-refractivity contribution >= 4 is 5.91 Å². The third-order valence-electron chi connectivity index (χ3n) is 3.02. The first-order valence-corrected chi connectivity index (χ1v) is 5.54. The molecule has 1 amide bonds. The summed E-state index contributed by atoms with van der Waals surface area (Å²) in [7, 11) is 0. The number of carbonyl (C=O) groups is 1. The van der Waals surface area contributed by atoms with Gasteiger partial charge in [0.1, 0.15) is 0 Å². The Morgan fingerprint density at radius 1 is 1.22 bits per heavy atom. The molecule has 3 nitrogen and oxygen atoms in total. The van der Waals surface area contributed by atoms with E-state index in [1.807, 2.05) is 5.32 Å². The standard InChI is InChI=1S/C12H12F3NO2/c13-12(14,15)11(18)16-9-5-6-10(17)8-4-2-1-3-7(8)9/h1-4,9-10,17H,5-6H2,(H,16,18)/t9-,10+/m0/s1. The minimum absolute atomic E-state index is 0.292. The summed E-state index contributed by atoms with van der Waals surface area (Å²) in [4.78, 5) is 10.9. The maximum Gasteiger partial charge on any atom is 0.471 e. The summed E-state index contributed by atoms with van der Waals surface area (Å²) >= 11 is 0. The van der Waals surface area contributed by atoms with Gasteiger partial charge in [0.25, 0.3) is 0 Å². The van der Waals surface area contributed by atoms with E-state index in [9.17, 15) is 23.1 Å². The van der Waals surface area contributed by atoms with E-state index >= 15 is 0 Å². The zero-order chi connectivity index (χ0) is 13.3. The van der Waals surface area contributed by atoms with Gasteiger partial charge in [-0.3, -0.25) is 4.79 Å². The van der Waals surface area contributed by atoms with E-state index < -0.39 is 24.2 Å². The fourth-order valence-electron chi connectivity index (χ4n) is 2.16. The number of aliphatic hydroxyl groups excluding tert-OH is 1. The van der Waals surface area contributed by atoms with E-state index in [2.05, 4.69) is 0 Å². The van der Waals surface area contributed by atoms with Crippen LogP contribution in [0.3, 0.4) is 0 Å². The van der Waals surface area contributed by atoms with Crippen molar-refractivity contribution in [1.29, 1.82) is 0 Å². The number of hydrogen-bond acceptors (Lipinski definition) is 2. The molecule has 98 valence electrons. The van der Waals surface area contributed by atoms with Crippen LogP contribution in [-0.2, 0) is 4.79 Å². The van der Waals surface area contributed by atoms with Crippen molar-refractivity contribution in [3.8, 4) is 0 Å². The summed E-state index contributed by atoms with van der Waals surface area (Å²) in [5, 5.41) is 11.7. The second-order valence-electron chi connectivity index (χ2n) is 4.25. The third-order valence-corrected chi connectivity index (χ3v) is 3.02. The molecule has 18 heavy (non-hydrogen) atoms. The van der Waals surface area contributed by atoms with Gasteiger partial charge in [-0.2, -0.15) is 13.2 Å². The van der Waals surface area contributed by atoms with Crippen LogP contribution in [0.2, 0.25) is 0 Å². The Hall–Kier alpha value is -1.56. The van der Waals surface area contributed by atoms with Gasteiger partial charge in [-0.15, -0.1) is 0 Å². The SMILES string of the molecule is O=C(N[C@H]1CC[C@@H](O)c2ccccc21)C(F)(F)F. The lowest BCUT2D eigenvalue weighted by atomic mass is 9.86. The van der Waals surface area contributed by atoms with Crippen molar-refractivity contribution in [3.63, 3.8) is 0 Å². The van der Waals surface area contributed by atoms with E-state index in [1.165, 1.54) is 0 Å². The lowest BCUT2D eigenvalue weighted by Gasteiger charge is -2.29. The first-order valence-electron chi connectivity index (χ1n) is 5.54. The molecule has 0 saturated heterocycles. The second kappa shape index (κ2) is 4.61. The number of halogens is 3. The number of amides is 1. The van der Waals surface area contributed by atoms with Gasteiger partial charge in [0.15, 0.2) is 0 Å². The zero-order valence-electron chi connectivity index (χ0n) is 9.37. The van der Waals surface area contributed by atoms with Gasteiger partial charge >= 0.3 is 12.1 Å². The zero-order valence-corrected chi connectivity index (χ0v) is 9.37. The summed E-state index contributed by atoms with van der Waals surface area (Å²) in [5.74, 6) is -1.95. The molecular weight excluding hydrogens is 247 g/mol. The normalized spacial score (nSPS) is 23.3. The van der Waals surface area contributed by atoms with Gasteiger partial charge in [-0.25, -0.2) is 0 Å². The summed E-state index contributed by atoms with van der Waals surface area (Å²) in [6.45, 7) is 0. The summed E-state index contributed by atoms with van der Waals surface area (Å²) in [5.41, 5.74) is 1.13. The fraction of sp³-hybridized carbons (Fsp3) is 0.417. The number of aliphatic hydroxyl groups is 1. The number of benzene rings is 1. The van der Waals surface area contributed by atoms with Crippen molar-refractivity contribution in [2.75, 3.05) is 0 Å². The molecule has 2 N–H and O–H groups in total. The molecule has 0 unspecified atom stereocenters. The van der Waals surface area contributed by atoms with Crippen LogP contribution in [0.5, 0.6) is 0 Å². The highest BCUT2D eigenvalue weighted by atomic mass is 19.4. The van der Waals surface area contributed by atoms with E-state index in [0.29, 0.717) is 24.0 Å². The molecule has 0 aromatic heterocycles. The van der Waals surface area contributed by atoms with Crippen molar-refractivity contribution in [2.24, 2.45) is 0 Å². The van der Waals surface area contributed by atoms with Gasteiger partial charge in [0, 0.05) is 0 Å². The molecule has 0 spiro atoms. The molecule has 0 aliphatic heterocycles. The average Bonchev–Trinajstić information content (AvgIpc) is 2.32. The van der Waals surface area contributed by atoms with Gasteiger partial charge in [0.2, 0.25) is 0 Å². The quantitative estimate of drug-likeness (QED) is 0.812. The first kappa shape index (κ1) is 12.9. The Morgan fingerprint density at radius 2 is 1.83 bits per heavy atom. The largest absolute Gasteiger partial charge is 0.471 e. The number of rotatable bonds is 1. The highest BCUT2D eigenvalue weighted by molar-refractivity contribution is 5.82. The second-order valence-corrected chi connectivity index (χ2v) is 4.25. The van der Waals surface area contributed by atoms with Gasteiger partial charge in [-0.05, 0) is 24.0 Å². The molecule has 0 radical (unpaired) electrons. The van der Waals surface area contributed by atoms with E-state index in [4.69, 9.17) is 0 Å². The molecule has 0 heterocycles. The summed E-state index contributed by atoms with van der Waals surface area (Å²) in [6, 6.07) is 5.96. The van der Waals surface area contributed by atoms with Gasteiger partial charge < -0.3 is 10.4 Å². The number of nitrogens with one attached hydrogen (secondary N) is 1. The topological polar surface area (TPSA) is 49.3 Å². The molecule has 6 heteroatoms. The lowest BCUT2D eigenvalue weighted by Crippen LogP contribution is -2.40. The third kappa shape index (κ3) is 2.48. The molecule has 1 aromatic rings. The van der Waals surface area contributed by atoms with E-state index in [0.717, 1.165) is 0 Å². The molecule has 0 bridgehead atoms. The highest BCUT2D eigenvalue weighted by Gasteiger charge is 2.40. The van der Waals surface area contributed by atoms with Crippen LogP contribution < -0.4 is 5.32 Å². The molecule has 2 atom stereocenters. The van der Waals surface area contributed by atoms with Crippen LogP contribution >= 0.6 is 0 Å². The van der Waals surface area contributed by atoms with Crippen LogP contribution in [0.15, 0.2) is 24.3 Å². The van der Waals surface area contributed by atoms with Crippen molar-refractivity contribution in [2.45, 2.75) is 31.2 Å². The predicted octanol–water partition coefficient (Wildman–Crippen LogP) is 2.23. The number of carbonyl (C=O) groups excluding carboxylic acids is 1. The van der Waals surface area contributed by atoms with Gasteiger partial charge in [0.05, 0.1) is 12.1 Å². The smallest absolute Gasteiger partial charge is 0.388 e. The van der Waals surface area contributed by atoms with Gasteiger partial charge in [-0.1, -0.05) is 24.3 Å². The van der Waals surface area contributed by atoms with Crippen molar-refractivity contribution < 1.29 is 23.1 Å². The molecular formula is C12H12F3NO2. The fourth-order valence-corrected chi connectivity index (χ4v) is 2.16. The molecule has 1 aromatic carbocycles. The van der Waals surface area contributed by atoms with E-state index in [-0.39, 0.29) is 0 Å². The van der Waals surface area contributed by atoms with Crippen molar-refractivity contribution in [3.05, 3.63) is 35.4 Å². The van der Waals surface area contributed by atoms with Crippen molar-refractivity contribution in [1.82, 2.24) is 5.32 Å².